The summed E-state index contributed by atoms with van der Waals surface area (Å²) in [5.74, 6) is 0.971. The first-order valence-corrected chi connectivity index (χ1v) is 8.17. The van der Waals surface area contributed by atoms with E-state index >= 15 is 0 Å². The molecule has 1 saturated heterocycles. The summed E-state index contributed by atoms with van der Waals surface area (Å²) in [7, 11) is 0. The van der Waals surface area contributed by atoms with Crippen LogP contribution in [0.4, 0.5) is 5.69 Å². The molecule has 0 N–H and O–H groups in total. The van der Waals surface area contributed by atoms with Crippen molar-refractivity contribution in [2.45, 2.75) is 31.7 Å². The van der Waals surface area contributed by atoms with E-state index in [0.29, 0.717) is 24.9 Å². The van der Waals surface area contributed by atoms with Crippen molar-refractivity contribution in [2.24, 2.45) is 0 Å². The number of nitrogens with zero attached hydrogens (tertiary/aromatic N) is 4. The highest BCUT2D eigenvalue weighted by Crippen LogP contribution is 2.39. The van der Waals surface area contributed by atoms with Gasteiger partial charge in [0.2, 0.25) is 5.89 Å². The average molecular weight is 312 g/mol. The lowest BCUT2D eigenvalue weighted by Gasteiger charge is -2.40. The third-order valence-electron chi connectivity index (χ3n) is 4.55. The maximum absolute atomic E-state index is 12.6. The van der Waals surface area contributed by atoms with Gasteiger partial charge in [-0.2, -0.15) is 0 Å². The van der Waals surface area contributed by atoms with E-state index in [4.69, 9.17) is 4.42 Å². The Bertz CT molecular complexity index is 696. The second-order valence-corrected chi connectivity index (χ2v) is 6.35. The lowest BCUT2D eigenvalue weighted by Crippen LogP contribution is -2.53. The minimum Gasteiger partial charge on any atom is -0.417 e. The Morgan fingerprint density at radius 3 is 2.65 bits per heavy atom. The molecule has 1 aromatic heterocycles. The van der Waals surface area contributed by atoms with Gasteiger partial charge >= 0.3 is 11.8 Å². The van der Waals surface area contributed by atoms with Crippen LogP contribution in [0.5, 0.6) is 0 Å². The number of hydrogen-bond acceptors (Lipinski definition) is 5. The standard InChI is InChI=1S/C17H20N4O2/c1-12-11-20(9-10-21(12)14-5-3-2-4-6-14)17(22)16-19-18-15(23-16)13-7-8-13/h2-6,12-13H,7-11H2,1H3. The highest BCUT2D eigenvalue weighted by Gasteiger charge is 2.33. The molecular formula is C17H20N4O2. The number of anilines is 1. The number of hydrogen-bond donors (Lipinski definition) is 0. The van der Waals surface area contributed by atoms with Crippen molar-refractivity contribution in [1.29, 1.82) is 0 Å². The summed E-state index contributed by atoms with van der Waals surface area (Å²) in [5, 5.41) is 7.93. The highest BCUT2D eigenvalue weighted by molar-refractivity contribution is 5.89. The Hall–Kier alpha value is -2.37. The molecule has 23 heavy (non-hydrogen) atoms. The van der Waals surface area contributed by atoms with Crippen molar-refractivity contribution in [3.05, 3.63) is 42.1 Å². The van der Waals surface area contributed by atoms with Gasteiger partial charge in [-0.1, -0.05) is 18.2 Å². The molecule has 6 nitrogen and oxygen atoms in total. The molecule has 1 atom stereocenters. The van der Waals surface area contributed by atoms with Gasteiger partial charge in [0.1, 0.15) is 0 Å². The Morgan fingerprint density at radius 2 is 1.96 bits per heavy atom. The Labute approximate surface area is 135 Å². The van der Waals surface area contributed by atoms with E-state index < -0.39 is 0 Å². The van der Waals surface area contributed by atoms with E-state index in [0.717, 1.165) is 19.4 Å². The number of amides is 1. The molecule has 1 unspecified atom stereocenters. The number of aromatic nitrogens is 2. The fourth-order valence-corrected chi connectivity index (χ4v) is 3.10. The number of benzene rings is 1. The molecule has 2 heterocycles. The van der Waals surface area contributed by atoms with Gasteiger partial charge in [0.05, 0.1) is 0 Å². The molecule has 1 aliphatic heterocycles. The topological polar surface area (TPSA) is 62.5 Å². The molecule has 0 spiro atoms. The van der Waals surface area contributed by atoms with Crippen LogP contribution in [0.1, 0.15) is 42.3 Å². The van der Waals surface area contributed by atoms with Gasteiger partial charge in [0.25, 0.3) is 0 Å². The molecular weight excluding hydrogens is 292 g/mol. The molecule has 0 bridgehead atoms. The Kier molecular flexibility index (Phi) is 3.52. The summed E-state index contributed by atoms with van der Waals surface area (Å²) in [5.41, 5.74) is 1.20. The molecule has 0 radical (unpaired) electrons. The zero-order valence-electron chi connectivity index (χ0n) is 13.2. The van der Waals surface area contributed by atoms with Crippen LogP contribution in [0.3, 0.4) is 0 Å². The average Bonchev–Trinajstić information content (AvgIpc) is 3.32. The molecule has 2 aliphatic rings. The van der Waals surface area contributed by atoms with Gasteiger partial charge in [-0.25, -0.2) is 0 Å². The second kappa shape index (κ2) is 5.68. The van der Waals surface area contributed by atoms with Crippen LogP contribution in [0.25, 0.3) is 0 Å². The number of carbonyl (C=O) groups excluding carboxylic acids is 1. The van der Waals surface area contributed by atoms with E-state index in [9.17, 15) is 4.79 Å². The maximum atomic E-state index is 12.6. The van der Waals surface area contributed by atoms with E-state index in [1.54, 1.807) is 0 Å². The Balaban J connectivity index is 1.44. The summed E-state index contributed by atoms with van der Waals surface area (Å²) in [4.78, 5) is 16.7. The lowest BCUT2D eigenvalue weighted by atomic mass is 10.1. The summed E-state index contributed by atoms with van der Waals surface area (Å²) in [6, 6.07) is 10.6. The minimum absolute atomic E-state index is 0.132. The van der Waals surface area contributed by atoms with Gasteiger partial charge in [-0.05, 0) is 31.9 Å². The molecule has 6 heteroatoms. The Morgan fingerprint density at radius 1 is 1.17 bits per heavy atom. The van der Waals surface area contributed by atoms with E-state index in [1.807, 2.05) is 23.1 Å². The van der Waals surface area contributed by atoms with Crippen LogP contribution in [-0.4, -0.2) is 46.7 Å². The molecule has 1 aromatic carbocycles. The summed E-state index contributed by atoms with van der Waals surface area (Å²) >= 11 is 0. The second-order valence-electron chi connectivity index (χ2n) is 6.35. The van der Waals surface area contributed by atoms with Crippen LogP contribution in [0.15, 0.2) is 34.7 Å². The van der Waals surface area contributed by atoms with Crippen LogP contribution in [0, 0.1) is 0 Å². The molecule has 2 fully saturated rings. The predicted molar refractivity (Wildman–Crippen MR) is 85.4 cm³/mol. The molecule has 2 aromatic rings. The van der Waals surface area contributed by atoms with E-state index in [-0.39, 0.29) is 17.8 Å². The molecule has 1 saturated carbocycles. The van der Waals surface area contributed by atoms with Crippen molar-refractivity contribution >= 4 is 11.6 Å². The first-order chi connectivity index (χ1) is 11.2. The van der Waals surface area contributed by atoms with Crippen LogP contribution >= 0.6 is 0 Å². The first kappa shape index (κ1) is 14.2. The normalized spacial score (nSPS) is 21.5. The molecule has 4 rings (SSSR count). The summed E-state index contributed by atoms with van der Waals surface area (Å²) in [6.45, 7) is 4.27. The van der Waals surface area contributed by atoms with Gasteiger partial charge in [-0.3, -0.25) is 4.79 Å². The fourth-order valence-electron chi connectivity index (χ4n) is 3.10. The zero-order chi connectivity index (χ0) is 15.8. The minimum atomic E-state index is -0.149. The van der Waals surface area contributed by atoms with Gasteiger partial charge < -0.3 is 14.2 Å². The van der Waals surface area contributed by atoms with Gasteiger partial charge in [-0.15, -0.1) is 10.2 Å². The van der Waals surface area contributed by atoms with Crippen LogP contribution in [0.2, 0.25) is 0 Å². The highest BCUT2D eigenvalue weighted by atomic mass is 16.4. The van der Waals surface area contributed by atoms with Crippen LogP contribution < -0.4 is 4.90 Å². The van der Waals surface area contributed by atoms with Crippen LogP contribution in [-0.2, 0) is 0 Å². The third kappa shape index (κ3) is 2.81. The summed E-state index contributed by atoms with van der Waals surface area (Å²) < 4.78 is 5.54. The largest absolute Gasteiger partial charge is 0.417 e. The molecule has 120 valence electrons. The van der Waals surface area contributed by atoms with Crippen molar-refractivity contribution in [2.75, 3.05) is 24.5 Å². The van der Waals surface area contributed by atoms with Gasteiger partial charge in [0.15, 0.2) is 0 Å². The third-order valence-corrected chi connectivity index (χ3v) is 4.55. The van der Waals surface area contributed by atoms with Gasteiger partial charge in [0, 0.05) is 37.3 Å². The van der Waals surface area contributed by atoms with Crippen molar-refractivity contribution in [1.82, 2.24) is 15.1 Å². The quantitative estimate of drug-likeness (QED) is 0.870. The van der Waals surface area contributed by atoms with E-state index in [2.05, 4.69) is 34.2 Å². The molecule has 1 amide bonds. The number of piperazine rings is 1. The fraction of sp³-hybridized carbons (Fsp3) is 0.471. The predicted octanol–water partition coefficient (Wildman–Crippen LogP) is 2.30. The first-order valence-electron chi connectivity index (χ1n) is 8.17. The smallest absolute Gasteiger partial charge is 0.311 e. The number of carbonyl (C=O) groups is 1. The SMILES string of the molecule is CC1CN(C(=O)c2nnc(C3CC3)o2)CCN1c1ccccc1. The van der Waals surface area contributed by atoms with Crippen molar-refractivity contribution in [3.8, 4) is 0 Å². The number of rotatable bonds is 3. The summed E-state index contributed by atoms with van der Waals surface area (Å²) in [6.07, 6.45) is 2.17. The monoisotopic (exact) mass is 312 g/mol. The molecule has 1 aliphatic carbocycles. The van der Waals surface area contributed by atoms with Crippen molar-refractivity contribution < 1.29 is 9.21 Å². The van der Waals surface area contributed by atoms with E-state index in [1.165, 1.54) is 5.69 Å². The zero-order valence-corrected chi connectivity index (χ0v) is 13.2. The van der Waals surface area contributed by atoms with Crippen molar-refractivity contribution in [3.63, 3.8) is 0 Å². The lowest BCUT2D eigenvalue weighted by molar-refractivity contribution is 0.0684. The number of para-hydroxylation sites is 1. The maximum Gasteiger partial charge on any atom is 0.311 e.